The first kappa shape index (κ1) is 16.7. The maximum atomic E-state index is 12.5. The molecule has 0 saturated heterocycles. The van der Waals surface area contributed by atoms with Crippen LogP contribution in [0.2, 0.25) is 0 Å². The molecule has 0 saturated carbocycles. The number of rotatable bonds is 5. The molecule has 130 valence electrons. The molecule has 0 aliphatic carbocycles. The van der Waals surface area contributed by atoms with E-state index in [0.717, 1.165) is 16.0 Å². The molecule has 5 nitrogen and oxygen atoms in total. The van der Waals surface area contributed by atoms with Crippen molar-refractivity contribution in [3.63, 3.8) is 0 Å². The van der Waals surface area contributed by atoms with Crippen molar-refractivity contribution in [1.29, 1.82) is 0 Å². The first-order chi connectivity index (χ1) is 12.7. The number of benzene rings is 1. The molecule has 0 amide bonds. The first-order valence-corrected chi connectivity index (χ1v) is 9.70. The number of nitrogens with one attached hydrogen (secondary N) is 1. The van der Waals surface area contributed by atoms with Gasteiger partial charge in [0.25, 0.3) is 5.56 Å². The molecule has 0 spiro atoms. The van der Waals surface area contributed by atoms with E-state index >= 15 is 0 Å². The normalized spacial score (nSPS) is 10.9. The topological polar surface area (TPSA) is 72.0 Å². The van der Waals surface area contributed by atoms with Crippen LogP contribution in [0.4, 0.5) is 0 Å². The molecule has 0 aliphatic rings. The van der Waals surface area contributed by atoms with E-state index in [1.54, 1.807) is 0 Å². The van der Waals surface area contributed by atoms with Gasteiger partial charge in [-0.15, -0.1) is 22.7 Å². The van der Waals surface area contributed by atoms with Gasteiger partial charge < -0.3 is 9.72 Å². The molecule has 7 heteroatoms. The minimum atomic E-state index is -0.341. The van der Waals surface area contributed by atoms with Crippen molar-refractivity contribution in [3.05, 3.63) is 74.3 Å². The fraction of sp³-hybridized carbons (Fsp3) is 0.105. The van der Waals surface area contributed by atoms with Crippen molar-refractivity contribution in [2.24, 2.45) is 0 Å². The van der Waals surface area contributed by atoms with Crippen LogP contribution in [0.3, 0.4) is 0 Å². The highest BCUT2D eigenvalue weighted by atomic mass is 32.1. The molecule has 26 heavy (non-hydrogen) atoms. The Bertz CT molecular complexity index is 1100. The quantitative estimate of drug-likeness (QED) is 0.530. The molecule has 0 unspecified atom stereocenters. The second kappa shape index (κ2) is 7.23. The highest BCUT2D eigenvalue weighted by Crippen LogP contribution is 2.30. The summed E-state index contributed by atoms with van der Waals surface area (Å²) in [7, 11) is 0. The van der Waals surface area contributed by atoms with Gasteiger partial charge in [-0.1, -0.05) is 36.4 Å². The summed E-state index contributed by atoms with van der Waals surface area (Å²) in [5, 5.41) is 4.40. The second-order valence-electron chi connectivity index (χ2n) is 5.63. The van der Waals surface area contributed by atoms with Crippen molar-refractivity contribution in [1.82, 2.24) is 9.97 Å². The summed E-state index contributed by atoms with van der Waals surface area (Å²) >= 11 is 2.91. The van der Waals surface area contributed by atoms with Gasteiger partial charge in [-0.2, -0.15) is 0 Å². The average molecular weight is 382 g/mol. The number of aromatic amines is 1. The lowest BCUT2D eigenvalue weighted by atomic mass is 10.1. The van der Waals surface area contributed by atoms with Crippen LogP contribution in [0, 0.1) is 0 Å². The third kappa shape index (κ3) is 3.44. The smallest absolute Gasteiger partial charge is 0.311 e. The zero-order valence-electron chi connectivity index (χ0n) is 13.6. The van der Waals surface area contributed by atoms with Crippen LogP contribution in [-0.4, -0.2) is 15.9 Å². The van der Waals surface area contributed by atoms with Crippen LogP contribution in [0.5, 0.6) is 0 Å². The summed E-state index contributed by atoms with van der Waals surface area (Å²) in [4.78, 5) is 33.2. The van der Waals surface area contributed by atoms with Gasteiger partial charge in [0, 0.05) is 15.8 Å². The van der Waals surface area contributed by atoms with E-state index in [0.29, 0.717) is 16.0 Å². The zero-order chi connectivity index (χ0) is 17.9. The van der Waals surface area contributed by atoms with Gasteiger partial charge in [0.1, 0.15) is 17.3 Å². The average Bonchev–Trinajstić information content (AvgIpc) is 3.30. The lowest BCUT2D eigenvalue weighted by Gasteiger charge is -2.04. The molecule has 4 aromatic rings. The van der Waals surface area contributed by atoms with Crippen molar-refractivity contribution in [2.75, 3.05) is 0 Å². The van der Waals surface area contributed by atoms with Crippen LogP contribution in [0.25, 0.3) is 21.3 Å². The van der Waals surface area contributed by atoms with E-state index in [9.17, 15) is 9.59 Å². The van der Waals surface area contributed by atoms with E-state index in [2.05, 4.69) is 9.97 Å². The number of hydrogen-bond donors (Lipinski definition) is 1. The third-order valence-electron chi connectivity index (χ3n) is 3.85. The predicted molar refractivity (Wildman–Crippen MR) is 103 cm³/mol. The number of carbonyl (C=O) groups excluding carboxylic acids is 1. The Morgan fingerprint density at radius 3 is 2.73 bits per heavy atom. The Morgan fingerprint density at radius 1 is 1.12 bits per heavy atom. The number of thiophene rings is 2. The first-order valence-electron chi connectivity index (χ1n) is 7.94. The van der Waals surface area contributed by atoms with Gasteiger partial charge in [0.2, 0.25) is 0 Å². The van der Waals surface area contributed by atoms with E-state index in [4.69, 9.17) is 4.74 Å². The van der Waals surface area contributed by atoms with Crippen LogP contribution < -0.4 is 5.56 Å². The molecule has 0 radical (unpaired) electrons. The highest BCUT2D eigenvalue weighted by molar-refractivity contribution is 7.17. The van der Waals surface area contributed by atoms with Crippen LogP contribution in [0.15, 0.2) is 58.0 Å². The van der Waals surface area contributed by atoms with E-state index in [-0.39, 0.29) is 24.6 Å². The Kier molecular flexibility index (Phi) is 4.64. The maximum Gasteiger partial charge on any atom is 0.311 e. The van der Waals surface area contributed by atoms with E-state index in [1.807, 2.05) is 53.2 Å². The minimum Gasteiger partial charge on any atom is -0.457 e. The Balaban J connectivity index is 1.55. The largest absolute Gasteiger partial charge is 0.457 e. The number of H-pyrrole nitrogens is 1. The fourth-order valence-electron chi connectivity index (χ4n) is 2.65. The van der Waals surface area contributed by atoms with Gasteiger partial charge >= 0.3 is 5.97 Å². The molecule has 4 rings (SSSR count). The summed E-state index contributed by atoms with van der Waals surface area (Å²) in [6.45, 7) is -0.0477. The van der Waals surface area contributed by atoms with E-state index in [1.165, 1.54) is 22.7 Å². The van der Waals surface area contributed by atoms with Crippen molar-refractivity contribution >= 4 is 38.9 Å². The number of hydrogen-bond acceptors (Lipinski definition) is 6. The van der Waals surface area contributed by atoms with Gasteiger partial charge in [-0.3, -0.25) is 9.59 Å². The third-order valence-corrected chi connectivity index (χ3v) is 5.59. The number of aromatic nitrogens is 2. The van der Waals surface area contributed by atoms with Crippen molar-refractivity contribution in [2.45, 2.75) is 13.0 Å². The summed E-state index contributed by atoms with van der Waals surface area (Å²) in [5.41, 5.74) is 1.61. The highest BCUT2D eigenvalue weighted by Gasteiger charge is 2.14. The molecule has 3 aromatic heterocycles. The number of esters is 1. The molecule has 1 N–H and O–H groups in total. The fourth-order valence-corrected chi connectivity index (χ4v) is 4.30. The van der Waals surface area contributed by atoms with Gasteiger partial charge in [0.15, 0.2) is 0 Å². The number of fused-ring (bicyclic) bond motifs is 1. The van der Waals surface area contributed by atoms with E-state index < -0.39 is 0 Å². The molecule has 3 heterocycles. The van der Waals surface area contributed by atoms with Crippen LogP contribution in [0.1, 0.15) is 10.7 Å². The summed E-state index contributed by atoms with van der Waals surface area (Å²) in [6.07, 6.45) is 0.224. The standard InChI is InChI=1S/C19H14N2O3S2/c22-16(9-13-7-4-8-25-13)24-10-15-20-18(23)17-14(11-26-19(17)21-15)12-5-2-1-3-6-12/h1-8,11H,9-10H2,(H,20,21,23). The minimum absolute atomic E-state index is 0.0477. The van der Waals surface area contributed by atoms with Crippen molar-refractivity contribution < 1.29 is 9.53 Å². The second-order valence-corrected chi connectivity index (χ2v) is 7.52. The monoisotopic (exact) mass is 382 g/mol. The number of nitrogens with zero attached hydrogens (tertiary/aromatic N) is 1. The van der Waals surface area contributed by atoms with Crippen LogP contribution >= 0.6 is 22.7 Å². The van der Waals surface area contributed by atoms with Gasteiger partial charge in [0.05, 0.1) is 11.8 Å². The lowest BCUT2D eigenvalue weighted by Crippen LogP contribution is -2.14. The SMILES string of the molecule is O=C(Cc1cccs1)OCc1nc2scc(-c3ccccc3)c2c(=O)[nH]1. The van der Waals surface area contributed by atoms with Gasteiger partial charge in [-0.05, 0) is 17.0 Å². The summed E-state index contributed by atoms with van der Waals surface area (Å²) in [5.74, 6) is 0.00911. The number of carbonyl (C=O) groups is 1. The van der Waals surface area contributed by atoms with Gasteiger partial charge in [-0.25, -0.2) is 4.98 Å². The summed E-state index contributed by atoms with van der Waals surface area (Å²) in [6, 6.07) is 13.5. The van der Waals surface area contributed by atoms with Crippen molar-refractivity contribution in [3.8, 4) is 11.1 Å². The lowest BCUT2D eigenvalue weighted by molar-refractivity contribution is -0.144. The Labute approximate surface area is 156 Å². The maximum absolute atomic E-state index is 12.5. The Hall–Kier alpha value is -2.77. The van der Waals surface area contributed by atoms with Crippen LogP contribution in [-0.2, 0) is 22.6 Å². The molecule has 0 aliphatic heterocycles. The molecule has 0 bridgehead atoms. The molecule has 1 aromatic carbocycles. The molecule has 0 fully saturated rings. The number of ether oxygens (including phenoxy) is 1. The predicted octanol–water partition coefficient (Wildman–Crippen LogP) is 4.00. The molecule has 0 atom stereocenters. The summed E-state index contributed by atoms with van der Waals surface area (Å²) < 4.78 is 5.24. The molecular weight excluding hydrogens is 368 g/mol. The zero-order valence-corrected chi connectivity index (χ0v) is 15.2. The molecular formula is C19H14N2O3S2. The Morgan fingerprint density at radius 2 is 1.96 bits per heavy atom.